The minimum atomic E-state index is 0.0409. The molecule has 0 radical (unpaired) electrons. The molecule has 0 aliphatic heterocycles. The predicted molar refractivity (Wildman–Crippen MR) is 68.1 cm³/mol. The molecule has 4 nitrogen and oxygen atoms in total. The highest BCUT2D eigenvalue weighted by atomic mass is 16.3. The van der Waals surface area contributed by atoms with Crippen LogP contribution >= 0.6 is 0 Å². The smallest absolute Gasteiger partial charge is 0.123 e. The summed E-state index contributed by atoms with van der Waals surface area (Å²) >= 11 is 0. The van der Waals surface area contributed by atoms with Gasteiger partial charge in [0.1, 0.15) is 5.76 Å². The van der Waals surface area contributed by atoms with E-state index in [2.05, 4.69) is 9.88 Å². The monoisotopic (exact) mass is 244 g/mol. The summed E-state index contributed by atoms with van der Waals surface area (Å²) in [5, 5.41) is 9.42. The summed E-state index contributed by atoms with van der Waals surface area (Å²) in [5.74, 6) is 0.939. The molecule has 0 amide bonds. The first-order chi connectivity index (χ1) is 8.88. The Morgan fingerprint density at radius 1 is 1.39 bits per heavy atom. The topological polar surface area (TPSA) is 49.5 Å². The van der Waals surface area contributed by atoms with Crippen LogP contribution in [0.4, 0.5) is 5.69 Å². The highest BCUT2D eigenvalue weighted by molar-refractivity contribution is 5.53. The summed E-state index contributed by atoms with van der Waals surface area (Å²) in [7, 11) is 0. The molecular weight excluding hydrogens is 228 g/mol. The van der Waals surface area contributed by atoms with Crippen LogP contribution in [-0.2, 0) is 13.2 Å². The lowest BCUT2D eigenvalue weighted by molar-refractivity contribution is 0.281. The van der Waals surface area contributed by atoms with Gasteiger partial charge in [-0.2, -0.15) is 0 Å². The standard InChI is InChI=1S/C14H16N2O2/c17-10-11-5-6-15-8-14(11)16(12-3-4-12)9-13-2-1-7-18-13/h1-2,5-8,12,17H,3-4,9-10H2. The predicted octanol–water partition coefficient (Wildman–Crippen LogP) is 2.34. The molecule has 1 N–H and O–H groups in total. The molecule has 1 fully saturated rings. The van der Waals surface area contributed by atoms with Gasteiger partial charge in [0.25, 0.3) is 0 Å². The van der Waals surface area contributed by atoms with E-state index in [1.165, 1.54) is 12.8 Å². The molecule has 4 heteroatoms. The molecule has 0 bridgehead atoms. The number of aromatic nitrogens is 1. The second-order valence-electron chi connectivity index (χ2n) is 4.60. The van der Waals surface area contributed by atoms with Crippen LogP contribution in [0.3, 0.4) is 0 Å². The summed E-state index contributed by atoms with van der Waals surface area (Å²) in [5.41, 5.74) is 1.93. The quantitative estimate of drug-likeness (QED) is 0.877. The number of rotatable bonds is 5. The van der Waals surface area contributed by atoms with E-state index in [4.69, 9.17) is 4.42 Å². The fourth-order valence-electron chi connectivity index (χ4n) is 2.17. The molecular formula is C14H16N2O2. The van der Waals surface area contributed by atoms with Crippen molar-refractivity contribution in [3.63, 3.8) is 0 Å². The Bertz CT molecular complexity index is 506. The zero-order valence-electron chi connectivity index (χ0n) is 10.1. The Hall–Kier alpha value is -1.81. The number of hydrogen-bond donors (Lipinski definition) is 1. The summed E-state index contributed by atoms with van der Waals surface area (Å²) in [4.78, 5) is 6.45. The highest BCUT2D eigenvalue weighted by Gasteiger charge is 2.31. The largest absolute Gasteiger partial charge is 0.467 e. The van der Waals surface area contributed by atoms with Crippen LogP contribution in [0.25, 0.3) is 0 Å². The number of anilines is 1. The van der Waals surface area contributed by atoms with Gasteiger partial charge < -0.3 is 14.4 Å². The Balaban J connectivity index is 1.89. The van der Waals surface area contributed by atoms with Crippen molar-refractivity contribution in [3.8, 4) is 0 Å². The van der Waals surface area contributed by atoms with Crippen LogP contribution in [0.1, 0.15) is 24.2 Å². The minimum Gasteiger partial charge on any atom is -0.467 e. The first kappa shape index (κ1) is 11.3. The lowest BCUT2D eigenvalue weighted by Gasteiger charge is -2.25. The molecule has 1 saturated carbocycles. The molecule has 0 saturated heterocycles. The molecule has 0 spiro atoms. The van der Waals surface area contributed by atoms with Gasteiger partial charge in [-0.15, -0.1) is 0 Å². The van der Waals surface area contributed by atoms with Crippen LogP contribution in [0.5, 0.6) is 0 Å². The molecule has 18 heavy (non-hydrogen) atoms. The Morgan fingerprint density at radius 2 is 2.28 bits per heavy atom. The molecule has 0 aromatic carbocycles. The van der Waals surface area contributed by atoms with E-state index in [-0.39, 0.29) is 6.61 Å². The fourth-order valence-corrected chi connectivity index (χ4v) is 2.17. The number of nitrogens with zero attached hydrogens (tertiary/aromatic N) is 2. The number of aliphatic hydroxyl groups is 1. The van der Waals surface area contributed by atoms with Crippen LogP contribution in [-0.4, -0.2) is 16.1 Å². The van der Waals surface area contributed by atoms with Gasteiger partial charge in [0.15, 0.2) is 0 Å². The number of pyridine rings is 1. The van der Waals surface area contributed by atoms with Crippen molar-refractivity contribution >= 4 is 5.69 Å². The lowest BCUT2D eigenvalue weighted by atomic mass is 10.2. The summed E-state index contributed by atoms with van der Waals surface area (Å²) in [6, 6.07) is 6.29. The van der Waals surface area contributed by atoms with Crippen molar-refractivity contribution in [2.45, 2.75) is 32.0 Å². The van der Waals surface area contributed by atoms with E-state index in [1.54, 1.807) is 12.5 Å². The molecule has 1 aliphatic rings. The summed E-state index contributed by atoms with van der Waals surface area (Å²) < 4.78 is 5.41. The van der Waals surface area contributed by atoms with Crippen molar-refractivity contribution in [1.82, 2.24) is 4.98 Å². The Morgan fingerprint density at radius 3 is 2.94 bits per heavy atom. The maximum Gasteiger partial charge on any atom is 0.123 e. The third-order valence-corrected chi connectivity index (χ3v) is 3.26. The van der Waals surface area contributed by atoms with Gasteiger partial charge >= 0.3 is 0 Å². The highest BCUT2D eigenvalue weighted by Crippen LogP contribution is 2.34. The van der Waals surface area contributed by atoms with E-state index < -0.39 is 0 Å². The Labute approximate surface area is 106 Å². The molecule has 2 aromatic heterocycles. The van der Waals surface area contributed by atoms with E-state index in [1.807, 2.05) is 24.4 Å². The first-order valence-electron chi connectivity index (χ1n) is 6.21. The van der Waals surface area contributed by atoms with E-state index >= 15 is 0 Å². The third-order valence-electron chi connectivity index (χ3n) is 3.26. The van der Waals surface area contributed by atoms with Crippen molar-refractivity contribution in [2.24, 2.45) is 0 Å². The van der Waals surface area contributed by atoms with Crippen LogP contribution in [0, 0.1) is 0 Å². The van der Waals surface area contributed by atoms with Crippen LogP contribution in [0.15, 0.2) is 41.3 Å². The first-order valence-corrected chi connectivity index (χ1v) is 6.21. The normalized spacial score (nSPS) is 14.7. The zero-order valence-corrected chi connectivity index (χ0v) is 10.1. The maximum atomic E-state index is 9.42. The van der Waals surface area contributed by atoms with Gasteiger partial charge in [-0.1, -0.05) is 0 Å². The van der Waals surface area contributed by atoms with E-state index in [0.717, 1.165) is 23.6 Å². The van der Waals surface area contributed by atoms with E-state index in [0.29, 0.717) is 6.04 Å². The third kappa shape index (κ3) is 2.24. The van der Waals surface area contributed by atoms with Gasteiger partial charge in [0, 0.05) is 17.8 Å². The van der Waals surface area contributed by atoms with Gasteiger partial charge in [-0.05, 0) is 31.0 Å². The molecule has 0 unspecified atom stereocenters. The van der Waals surface area contributed by atoms with E-state index in [9.17, 15) is 5.11 Å². The summed E-state index contributed by atoms with van der Waals surface area (Å²) in [6.45, 7) is 0.773. The van der Waals surface area contributed by atoms with Crippen molar-refractivity contribution < 1.29 is 9.52 Å². The molecule has 2 aromatic rings. The van der Waals surface area contributed by atoms with Gasteiger partial charge in [-0.25, -0.2) is 0 Å². The molecule has 2 heterocycles. The maximum absolute atomic E-state index is 9.42. The SMILES string of the molecule is OCc1ccncc1N(Cc1ccco1)C1CC1. The van der Waals surface area contributed by atoms with Crippen LogP contribution < -0.4 is 4.90 Å². The molecule has 94 valence electrons. The molecule has 0 atom stereocenters. The lowest BCUT2D eigenvalue weighted by Crippen LogP contribution is -2.26. The molecule has 3 rings (SSSR count). The minimum absolute atomic E-state index is 0.0409. The second kappa shape index (κ2) is 4.82. The van der Waals surface area contributed by atoms with Crippen molar-refractivity contribution in [3.05, 3.63) is 48.2 Å². The number of furan rings is 1. The number of hydrogen-bond acceptors (Lipinski definition) is 4. The molecule has 1 aliphatic carbocycles. The zero-order chi connectivity index (χ0) is 12.4. The van der Waals surface area contributed by atoms with Crippen molar-refractivity contribution in [1.29, 1.82) is 0 Å². The number of aliphatic hydroxyl groups excluding tert-OH is 1. The van der Waals surface area contributed by atoms with Crippen molar-refractivity contribution in [2.75, 3.05) is 4.90 Å². The second-order valence-corrected chi connectivity index (χ2v) is 4.60. The average molecular weight is 244 g/mol. The Kier molecular flexibility index (Phi) is 3.02. The van der Waals surface area contributed by atoms with Crippen LogP contribution in [0.2, 0.25) is 0 Å². The average Bonchev–Trinajstić information content (AvgIpc) is 3.13. The summed E-state index contributed by atoms with van der Waals surface area (Å²) in [6.07, 6.45) is 7.62. The van der Waals surface area contributed by atoms with Gasteiger partial charge in [0.2, 0.25) is 0 Å². The van der Waals surface area contributed by atoms with Gasteiger partial charge in [0.05, 0.1) is 31.3 Å². The van der Waals surface area contributed by atoms with Gasteiger partial charge in [-0.3, -0.25) is 4.98 Å². The fraction of sp³-hybridized carbons (Fsp3) is 0.357.